The van der Waals surface area contributed by atoms with Crippen LogP contribution in [-0.4, -0.2) is 33.5 Å². The van der Waals surface area contributed by atoms with Gasteiger partial charge in [-0.2, -0.15) is 5.10 Å². The SMILES string of the molecule is C=CCCc1nn(C)c2c1C(c1cccc([N+](=O)[O-])c1)C(C(=O)OC)C(C)=N2. The molecule has 0 amide bonds. The van der Waals surface area contributed by atoms with Crippen LogP contribution in [0.1, 0.15) is 36.1 Å². The first-order chi connectivity index (χ1) is 13.4. The van der Waals surface area contributed by atoms with Crippen LogP contribution in [0.5, 0.6) is 0 Å². The number of allylic oxidation sites excluding steroid dienone is 1. The molecule has 2 aromatic rings. The zero-order valence-electron chi connectivity index (χ0n) is 16.1. The van der Waals surface area contributed by atoms with Crippen LogP contribution >= 0.6 is 0 Å². The molecule has 0 saturated heterocycles. The molecule has 0 bridgehead atoms. The molecule has 2 heterocycles. The standard InChI is InChI=1S/C20H22N4O4/c1-5-6-10-15-18-17(13-8-7-9-14(11-13)24(26)27)16(20(25)28-4)12(2)21-19(18)23(3)22-15/h5,7-9,11,16-17H,1,6,10H2,2-4H3. The second-order valence-electron chi connectivity index (χ2n) is 6.72. The van der Waals surface area contributed by atoms with Gasteiger partial charge in [-0.15, -0.1) is 6.58 Å². The second kappa shape index (κ2) is 7.75. The summed E-state index contributed by atoms with van der Waals surface area (Å²) in [5.74, 6) is -0.908. The van der Waals surface area contributed by atoms with E-state index in [0.717, 1.165) is 17.7 Å². The number of non-ortho nitro benzene ring substituents is 1. The number of hydrogen-bond acceptors (Lipinski definition) is 6. The Hall–Kier alpha value is -3.29. The largest absolute Gasteiger partial charge is 0.468 e. The summed E-state index contributed by atoms with van der Waals surface area (Å²) in [6.07, 6.45) is 3.16. The highest BCUT2D eigenvalue weighted by molar-refractivity contribution is 6.05. The van der Waals surface area contributed by atoms with Crippen molar-refractivity contribution in [3.05, 3.63) is 63.9 Å². The van der Waals surface area contributed by atoms with Gasteiger partial charge < -0.3 is 4.74 Å². The van der Waals surface area contributed by atoms with E-state index in [4.69, 9.17) is 4.74 Å². The van der Waals surface area contributed by atoms with Gasteiger partial charge in [0.2, 0.25) is 0 Å². The van der Waals surface area contributed by atoms with E-state index in [1.54, 1.807) is 36.9 Å². The van der Waals surface area contributed by atoms with E-state index in [1.807, 2.05) is 0 Å². The molecule has 0 spiro atoms. The van der Waals surface area contributed by atoms with E-state index in [0.29, 0.717) is 23.5 Å². The minimum Gasteiger partial charge on any atom is -0.468 e. The predicted molar refractivity (Wildman–Crippen MR) is 105 cm³/mol. The fraction of sp³-hybridized carbons (Fsp3) is 0.350. The summed E-state index contributed by atoms with van der Waals surface area (Å²) in [7, 11) is 3.13. The molecule has 1 aliphatic rings. The van der Waals surface area contributed by atoms with E-state index in [9.17, 15) is 14.9 Å². The number of aromatic nitrogens is 2. The van der Waals surface area contributed by atoms with Crippen molar-refractivity contribution in [2.45, 2.75) is 25.7 Å². The first kappa shape index (κ1) is 19.5. The number of methoxy groups -OCH3 is 1. The summed E-state index contributed by atoms with van der Waals surface area (Å²) in [5.41, 5.74) is 2.84. The summed E-state index contributed by atoms with van der Waals surface area (Å²) >= 11 is 0. The normalized spacial score (nSPS) is 18.2. The number of rotatable bonds is 6. The molecule has 28 heavy (non-hydrogen) atoms. The molecule has 3 rings (SSSR count). The third-order valence-corrected chi connectivity index (χ3v) is 4.99. The van der Waals surface area contributed by atoms with Gasteiger partial charge in [0.05, 0.1) is 17.7 Å². The number of hydrogen-bond donors (Lipinski definition) is 0. The summed E-state index contributed by atoms with van der Waals surface area (Å²) in [5, 5.41) is 15.9. The van der Waals surface area contributed by atoms with Crippen LogP contribution in [0, 0.1) is 16.0 Å². The smallest absolute Gasteiger partial charge is 0.315 e. The maximum atomic E-state index is 12.6. The van der Waals surface area contributed by atoms with Gasteiger partial charge in [0.1, 0.15) is 5.92 Å². The lowest BCUT2D eigenvalue weighted by Crippen LogP contribution is -2.33. The lowest BCUT2D eigenvalue weighted by Gasteiger charge is -2.29. The monoisotopic (exact) mass is 382 g/mol. The number of aliphatic imine (C=N–C) groups is 1. The van der Waals surface area contributed by atoms with Crippen molar-refractivity contribution in [3.8, 4) is 0 Å². The van der Waals surface area contributed by atoms with Crippen molar-refractivity contribution in [1.82, 2.24) is 9.78 Å². The van der Waals surface area contributed by atoms with Gasteiger partial charge in [-0.05, 0) is 25.3 Å². The Bertz CT molecular complexity index is 977. The van der Waals surface area contributed by atoms with Crippen LogP contribution in [-0.2, 0) is 23.0 Å². The summed E-state index contributed by atoms with van der Waals surface area (Å²) < 4.78 is 6.72. The van der Waals surface area contributed by atoms with Crippen LogP contribution in [0.4, 0.5) is 11.5 Å². The number of aryl methyl sites for hydroxylation is 2. The van der Waals surface area contributed by atoms with Gasteiger partial charge in [0.15, 0.2) is 5.82 Å². The molecule has 0 fully saturated rings. The third-order valence-electron chi connectivity index (χ3n) is 4.99. The summed E-state index contributed by atoms with van der Waals surface area (Å²) in [6, 6.07) is 6.36. The number of ether oxygens (including phenoxy) is 1. The molecule has 8 nitrogen and oxygen atoms in total. The molecule has 8 heteroatoms. The maximum Gasteiger partial charge on any atom is 0.315 e. The van der Waals surface area contributed by atoms with Crippen LogP contribution in [0.2, 0.25) is 0 Å². The lowest BCUT2D eigenvalue weighted by atomic mass is 9.76. The number of nitro groups is 1. The van der Waals surface area contributed by atoms with Crippen molar-refractivity contribution in [2.24, 2.45) is 18.0 Å². The predicted octanol–water partition coefficient (Wildman–Crippen LogP) is 3.47. The number of carbonyl (C=O) groups is 1. The van der Waals surface area contributed by atoms with Gasteiger partial charge in [-0.1, -0.05) is 18.2 Å². The van der Waals surface area contributed by atoms with Gasteiger partial charge in [0.25, 0.3) is 5.69 Å². The Morgan fingerprint density at radius 3 is 2.86 bits per heavy atom. The van der Waals surface area contributed by atoms with Crippen molar-refractivity contribution in [2.75, 3.05) is 7.11 Å². The van der Waals surface area contributed by atoms with Crippen LogP contribution in [0.3, 0.4) is 0 Å². The molecule has 1 aromatic carbocycles. The number of fused-ring (bicyclic) bond motifs is 1. The second-order valence-corrected chi connectivity index (χ2v) is 6.72. The molecule has 0 radical (unpaired) electrons. The molecule has 0 saturated carbocycles. The molecule has 2 unspecified atom stereocenters. The van der Waals surface area contributed by atoms with Crippen LogP contribution in [0.15, 0.2) is 41.9 Å². The van der Waals surface area contributed by atoms with E-state index in [1.165, 1.54) is 19.2 Å². The van der Waals surface area contributed by atoms with Crippen LogP contribution in [0.25, 0.3) is 0 Å². The minimum atomic E-state index is -0.675. The van der Waals surface area contributed by atoms with Crippen molar-refractivity contribution in [3.63, 3.8) is 0 Å². The van der Waals surface area contributed by atoms with E-state index < -0.39 is 22.7 Å². The fourth-order valence-electron chi connectivity index (χ4n) is 3.73. The quantitative estimate of drug-likeness (QED) is 0.330. The lowest BCUT2D eigenvalue weighted by molar-refractivity contribution is -0.384. The van der Waals surface area contributed by atoms with E-state index >= 15 is 0 Å². The van der Waals surface area contributed by atoms with Gasteiger partial charge in [0, 0.05) is 36.4 Å². The van der Waals surface area contributed by atoms with E-state index in [-0.39, 0.29) is 5.69 Å². The molecular weight excluding hydrogens is 360 g/mol. The average molecular weight is 382 g/mol. The van der Waals surface area contributed by atoms with Crippen molar-refractivity contribution >= 4 is 23.2 Å². The fourth-order valence-corrected chi connectivity index (χ4v) is 3.73. The molecule has 0 aliphatic carbocycles. The number of carbonyl (C=O) groups excluding carboxylic acids is 1. The Morgan fingerprint density at radius 2 is 2.21 bits per heavy atom. The maximum absolute atomic E-state index is 12.6. The topological polar surface area (TPSA) is 99.6 Å². The zero-order valence-corrected chi connectivity index (χ0v) is 16.1. The molecule has 1 aromatic heterocycles. The molecule has 0 N–H and O–H groups in total. The Labute approximate surface area is 162 Å². The van der Waals surface area contributed by atoms with Crippen molar-refractivity contribution in [1.29, 1.82) is 0 Å². The first-order valence-electron chi connectivity index (χ1n) is 8.93. The summed E-state index contributed by atoms with van der Waals surface area (Å²) in [6.45, 7) is 5.53. The zero-order chi connectivity index (χ0) is 20.4. The molecule has 2 atom stereocenters. The first-order valence-corrected chi connectivity index (χ1v) is 8.93. The molecular formula is C20H22N4O4. The number of benzene rings is 1. The van der Waals surface area contributed by atoms with Gasteiger partial charge in [-0.3, -0.25) is 19.6 Å². The summed E-state index contributed by atoms with van der Waals surface area (Å²) in [4.78, 5) is 28.1. The highest BCUT2D eigenvalue weighted by atomic mass is 16.6. The number of nitro benzene ring substituents is 1. The minimum absolute atomic E-state index is 0.0284. The van der Waals surface area contributed by atoms with Gasteiger partial charge in [-0.25, -0.2) is 4.99 Å². The Kier molecular flexibility index (Phi) is 5.39. The Balaban J connectivity index is 2.25. The highest BCUT2D eigenvalue weighted by Crippen LogP contribution is 2.45. The average Bonchev–Trinajstić information content (AvgIpc) is 3.00. The number of esters is 1. The molecule has 146 valence electrons. The molecule has 1 aliphatic heterocycles. The number of nitrogens with zero attached hydrogens (tertiary/aromatic N) is 4. The van der Waals surface area contributed by atoms with Gasteiger partial charge >= 0.3 is 5.97 Å². The Morgan fingerprint density at radius 1 is 1.46 bits per heavy atom. The van der Waals surface area contributed by atoms with E-state index in [2.05, 4.69) is 16.7 Å². The van der Waals surface area contributed by atoms with Crippen molar-refractivity contribution < 1.29 is 14.5 Å². The third kappa shape index (κ3) is 3.33. The highest BCUT2D eigenvalue weighted by Gasteiger charge is 2.41. The van der Waals surface area contributed by atoms with Crippen LogP contribution < -0.4 is 0 Å².